The van der Waals surface area contributed by atoms with Gasteiger partial charge in [0, 0.05) is 25.9 Å². The Bertz CT molecular complexity index is 1060. The predicted molar refractivity (Wildman–Crippen MR) is 183 cm³/mol. The van der Waals surface area contributed by atoms with Crippen LogP contribution in [0.15, 0.2) is 18.2 Å². The topological polar surface area (TPSA) is 0 Å². The lowest BCUT2D eigenvalue weighted by atomic mass is 9.72. The van der Waals surface area contributed by atoms with E-state index in [1.54, 1.807) is 36.0 Å². The minimum Gasteiger partial charge on any atom is -0.179 e. The molecule has 5 heteroatoms. The average molecular weight is 587 g/mol. The standard InChI is InChI=1S/C33H51BS4/c1-5-7-9-13-18-28-23-32(34-33-29(21-25(3)36-33)19-14-10-8-6-2)38-31(28)24-30-22-27(26(4)37-30)17-15-11-12-16-20-35/h21-23,34-35H,5-20,24H2,1-4H3. The molecule has 0 saturated heterocycles. The van der Waals surface area contributed by atoms with Crippen LogP contribution in [0.25, 0.3) is 0 Å². The summed E-state index contributed by atoms with van der Waals surface area (Å²) in [5.74, 6) is 1.03. The van der Waals surface area contributed by atoms with Crippen LogP contribution in [0.2, 0.25) is 0 Å². The summed E-state index contributed by atoms with van der Waals surface area (Å²) in [4.78, 5) is 6.22. The van der Waals surface area contributed by atoms with E-state index in [1.807, 2.05) is 22.7 Å². The predicted octanol–water partition coefficient (Wildman–Crippen LogP) is 9.74. The Morgan fingerprint density at radius 3 is 1.97 bits per heavy atom. The van der Waals surface area contributed by atoms with Crippen LogP contribution in [-0.4, -0.2) is 13.0 Å². The third-order valence-electron chi connectivity index (χ3n) is 7.66. The van der Waals surface area contributed by atoms with Crippen molar-refractivity contribution in [1.29, 1.82) is 0 Å². The Labute approximate surface area is 252 Å². The van der Waals surface area contributed by atoms with Gasteiger partial charge in [-0.15, -0.1) is 11.3 Å². The molecule has 0 N–H and O–H groups in total. The molecule has 0 atom stereocenters. The van der Waals surface area contributed by atoms with Gasteiger partial charge in [0.2, 0.25) is 7.28 Å². The molecule has 0 aliphatic carbocycles. The maximum atomic E-state index is 4.36. The quantitative estimate of drug-likeness (QED) is 0.0760. The first-order chi connectivity index (χ1) is 18.5. The van der Waals surface area contributed by atoms with Gasteiger partial charge in [-0.25, -0.2) is 0 Å². The Kier molecular flexibility index (Phi) is 15.2. The van der Waals surface area contributed by atoms with E-state index in [0.29, 0.717) is 0 Å². The molecule has 0 radical (unpaired) electrons. The highest BCUT2D eigenvalue weighted by molar-refractivity contribution is 7.80. The van der Waals surface area contributed by atoms with Crippen molar-refractivity contribution < 1.29 is 0 Å². The molecule has 38 heavy (non-hydrogen) atoms. The van der Waals surface area contributed by atoms with Crippen molar-refractivity contribution in [3.05, 3.63) is 54.4 Å². The minimum atomic E-state index is 1.03. The van der Waals surface area contributed by atoms with Gasteiger partial charge in [0.05, 0.1) is 0 Å². The molecule has 0 saturated carbocycles. The zero-order valence-electron chi connectivity index (χ0n) is 24.6. The lowest BCUT2D eigenvalue weighted by Crippen LogP contribution is -2.24. The maximum Gasteiger partial charge on any atom is 0.218 e. The zero-order chi connectivity index (χ0) is 27.2. The van der Waals surface area contributed by atoms with Gasteiger partial charge in [-0.2, -0.15) is 35.3 Å². The number of aryl methyl sites for hydroxylation is 5. The fourth-order valence-electron chi connectivity index (χ4n) is 5.46. The highest BCUT2D eigenvalue weighted by Crippen LogP contribution is 2.29. The van der Waals surface area contributed by atoms with Crippen molar-refractivity contribution in [2.24, 2.45) is 0 Å². The third-order valence-corrected chi connectivity index (χ3v) is 11.3. The van der Waals surface area contributed by atoms with E-state index < -0.39 is 0 Å². The van der Waals surface area contributed by atoms with Gasteiger partial charge < -0.3 is 0 Å². The SMILES string of the molecule is CCCCCCc1cc(C)sc1Bc1cc(CCCCCC)c(Cc2cc(CCCCCCS)c(C)s2)s1. The van der Waals surface area contributed by atoms with Crippen LogP contribution in [0.3, 0.4) is 0 Å². The van der Waals surface area contributed by atoms with Gasteiger partial charge >= 0.3 is 0 Å². The van der Waals surface area contributed by atoms with Gasteiger partial charge in [0.1, 0.15) is 0 Å². The molecule has 3 heterocycles. The van der Waals surface area contributed by atoms with Crippen LogP contribution in [0.5, 0.6) is 0 Å². The number of unbranched alkanes of at least 4 members (excludes halogenated alkanes) is 9. The number of thiol groups is 1. The minimum absolute atomic E-state index is 1.03. The molecular formula is C33H51BS4. The van der Waals surface area contributed by atoms with Crippen LogP contribution in [0, 0.1) is 13.8 Å². The highest BCUT2D eigenvalue weighted by atomic mass is 32.1. The second-order valence-corrected chi connectivity index (χ2v) is 15.5. The lowest BCUT2D eigenvalue weighted by Gasteiger charge is -2.03. The molecule has 0 amide bonds. The van der Waals surface area contributed by atoms with Crippen LogP contribution < -0.4 is 9.55 Å². The van der Waals surface area contributed by atoms with E-state index in [9.17, 15) is 0 Å². The molecule has 0 unspecified atom stereocenters. The summed E-state index contributed by atoms with van der Waals surface area (Å²) in [7, 11) is 1.13. The summed E-state index contributed by atoms with van der Waals surface area (Å²) >= 11 is 10.6. The van der Waals surface area contributed by atoms with Crippen molar-refractivity contribution in [2.75, 3.05) is 5.75 Å². The molecule has 0 aliphatic heterocycles. The van der Waals surface area contributed by atoms with Crippen molar-refractivity contribution in [3.63, 3.8) is 0 Å². The Hall–Kier alpha value is -0.485. The Morgan fingerprint density at radius 2 is 1.29 bits per heavy atom. The smallest absolute Gasteiger partial charge is 0.179 e. The largest absolute Gasteiger partial charge is 0.218 e. The second kappa shape index (κ2) is 18.0. The van der Waals surface area contributed by atoms with E-state index in [1.165, 1.54) is 106 Å². The first kappa shape index (κ1) is 32.0. The van der Waals surface area contributed by atoms with Gasteiger partial charge in [0.15, 0.2) is 0 Å². The second-order valence-electron chi connectivity index (χ2n) is 11.1. The van der Waals surface area contributed by atoms with Crippen molar-refractivity contribution in [1.82, 2.24) is 0 Å². The summed E-state index contributed by atoms with van der Waals surface area (Å²) in [5, 5.41) is 0. The summed E-state index contributed by atoms with van der Waals surface area (Å²) < 4.78 is 3.20. The molecule has 3 aromatic rings. The lowest BCUT2D eigenvalue weighted by molar-refractivity contribution is 0.666. The monoisotopic (exact) mass is 586 g/mol. The summed E-state index contributed by atoms with van der Waals surface area (Å²) in [6.07, 6.45) is 20.9. The molecule has 0 spiro atoms. The van der Waals surface area contributed by atoms with E-state index in [2.05, 4.69) is 69.9 Å². The Balaban J connectivity index is 1.70. The maximum absolute atomic E-state index is 4.36. The van der Waals surface area contributed by atoms with Crippen LogP contribution >= 0.6 is 46.6 Å². The van der Waals surface area contributed by atoms with E-state index in [0.717, 1.165) is 19.5 Å². The van der Waals surface area contributed by atoms with Crippen LogP contribution in [-0.2, 0) is 25.7 Å². The highest BCUT2D eigenvalue weighted by Gasteiger charge is 2.16. The summed E-state index contributed by atoms with van der Waals surface area (Å²) in [6, 6.07) is 7.60. The first-order valence-electron chi connectivity index (χ1n) is 15.4. The number of hydrogen-bond acceptors (Lipinski definition) is 4. The summed E-state index contributed by atoms with van der Waals surface area (Å²) in [5.41, 5.74) is 4.85. The van der Waals surface area contributed by atoms with Gasteiger partial charge in [0.25, 0.3) is 0 Å². The molecular weight excluding hydrogens is 535 g/mol. The number of rotatable bonds is 20. The van der Waals surface area contributed by atoms with Gasteiger partial charge in [-0.1, -0.05) is 71.3 Å². The zero-order valence-corrected chi connectivity index (χ0v) is 28.0. The number of thiophene rings is 3. The normalized spacial score (nSPS) is 11.5. The molecule has 210 valence electrons. The van der Waals surface area contributed by atoms with E-state index in [4.69, 9.17) is 0 Å². The molecule has 0 nitrogen and oxygen atoms in total. The Morgan fingerprint density at radius 1 is 0.658 bits per heavy atom. The first-order valence-corrected chi connectivity index (χ1v) is 18.5. The molecule has 3 aromatic heterocycles. The van der Waals surface area contributed by atoms with Crippen molar-refractivity contribution >= 4 is 63.5 Å². The molecule has 0 aromatic carbocycles. The molecule has 0 fully saturated rings. The third kappa shape index (κ3) is 10.8. The van der Waals surface area contributed by atoms with Crippen LogP contribution in [0.1, 0.15) is 127 Å². The van der Waals surface area contributed by atoms with E-state index in [-0.39, 0.29) is 0 Å². The number of hydrogen-bond donors (Lipinski definition) is 1. The van der Waals surface area contributed by atoms with Gasteiger partial charge in [-0.3, -0.25) is 0 Å². The molecule has 0 bridgehead atoms. The van der Waals surface area contributed by atoms with E-state index >= 15 is 0 Å². The average Bonchev–Trinajstić information content (AvgIpc) is 3.56. The van der Waals surface area contributed by atoms with Crippen molar-refractivity contribution in [3.8, 4) is 0 Å². The van der Waals surface area contributed by atoms with Crippen molar-refractivity contribution in [2.45, 2.75) is 130 Å². The molecule has 3 rings (SSSR count). The van der Waals surface area contributed by atoms with Gasteiger partial charge in [-0.05, 0) is 103 Å². The fraction of sp³-hybridized carbons (Fsp3) is 0.636. The molecule has 0 aliphatic rings. The van der Waals surface area contributed by atoms with Crippen LogP contribution in [0.4, 0.5) is 0 Å². The fourth-order valence-corrected chi connectivity index (χ4v) is 9.33. The summed E-state index contributed by atoms with van der Waals surface area (Å²) in [6.45, 7) is 9.25.